The van der Waals surface area contributed by atoms with Gasteiger partial charge in [-0.2, -0.15) is 0 Å². The summed E-state index contributed by atoms with van der Waals surface area (Å²) in [6.07, 6.45) is 1.87. The smallest absolute Gasteiger partial charge is 0.326 e. The van der Waals surface area contributed by atoms with Crippen LogP contribution in [0.4, 0.5) is 10.5 Å². The number of hydrogen-bond acceptors (Lipinski definition) is 2. The molecule has 6 heteroatoms. The van der Waals surface area contributed by atoms with Crippen LogP contribution in [-0.4, -0.2) is 23.1 Å². The first kappa shape index (κ1) is 16.5. The minimum absolute atomic E-state index is 0.406. The predicted molar refractivity (Wildman–Crippen MR) is 82.0 cm³/mol. The maximum absolute atomic E-state index is 11.9. The van der Waals surface area contributed by atoms with Gasteiger partial charge in [0, 0.05) is 10.2 Å². The highest BCUT2D eigenvalue weighted by molar-refractivity contribution is 9.10. The minimum Gasteiger partial charge on any atom is -0.480 e. The lowest BCUT2D eigenvalue weighted by Crippen LogP contribution is -2.43. The molecule has 1 aromatic rings. The van der Waals surface area contributed by atoms with Crippen molar-refractivity contribution in [2.75, 3.05) is 5.32 Å². The highest BCUT2D eigenvalue weighted by Gasteiger charge is 2.19. The van der Waals surface area contributed by atoms with E-state index < -0.39 is 18.0 Å². The summed E-state index contributed by atoms with van der Waals surface area (Å²) >= 11 is 3.38. The van der Waals surface area contributed by atoms with Gasteiger partial charge in [-0.3, -0.25) is 0 Å². The molecule has 20 heavy (non-hydrogen) atoms. The summed E-state index contributed by atoms with van der Waals surface area (Å²) in [5.41, 5.74) is 1.67. The van der Waals surface area contributed by atoms with Crippen LogP contribution >= 0.6 is 15.9 Å². The van der Waals surface area contributed by atoms with Gasteiger partial charge in [-0.25, -0.2) is 9.59 Å². The van der Waals surface area contributed by atoms with E-state index in [1.165, 1.54) is 0 Å². The summed E-state index contributed by atoms with van der Waals surface area (Å²) in [6, 6.07) is 4.19. The van der Waals surface area contributed by atoms with E-state index in [9.17, 15) is 9.59 Å². The van der Waals surface area contributed by atoms with Gasteiger partial charge in [0.2, 0.25) is 0 Å². The van der Waals surface area contributed by atoms with Crippen LogP contribution in [0.25, 0.3) is 0 Å². The number of anilines is 1. The molecule has 0 aliphatic carbocycles. The van der Waals surface area contributed by atoms with E-state index in [0.717, 1.165) is 16.5 Å². The number of hydrogen-bond donors (Lipinski definition) is 3. The van der Waals surface area contributed by atoms with Crippen molar-refractivity contribution >= 4 is 33.6 Å². The number of aryl methyl sites for hydroxylation is 1. The number of nitrogens with one attached hydrogen (secondary N) is 2. The molecular weight excluding hydrogens is 324 g/mol. The van der Waals surface area contributed by atoms with Crippen molar-refractivity contribution in [3.8, 4) is 0 Å². The molecule has 0 bridgehead atoms. The van der Waals surface area contributed by atoms with E-state index >= 15 is 0 Å². The van der Waals surface area contributed by atoms with E-state index in [1.54, 1.807) is 6.07 Å². The normalized spacial score (nSPS) is 11.8. The van der Waals surface area contributed by atoms with Crippen LogP contribution in [0.15, 0.2) is 22.7 Å². The number of carboxylic acid groups (broad SMARTS) is 1. The summed E-state index contributed by atoms with van der Waals surface area (Å²) in [6.45, 7) is 3.86. The monoisotopic (exact) mass is 342 g/mol. The van der Waals surface area contributed by atoms with Crippen molar-refractivity contribution in [2.24, 2.45) is 0 Å². The second kappa shape index (κ2) is 7.89. The fourth-order valence-electron chi connectivity index (χ4n) is 1.84. The molecule has 0 fully saturated rings. The van der Waals surface area contributed by atoms with Crippen LogP contribution in [0, 0.1) is 0 Å². The van der Waals surface area contributed by atoms with Gasteiger partial charge in [0.15, 0.2) is 0 Å². The number of carboxylic acids is 1. The zero-order valence-electron chi connectivity index (χ0n) is 11.6. The molecule has 0 saturated heterocycles. The summed E-state index contributed by atoms with van der Waals surface area (Å²) < 4.78 is 0.940. The minimum atomic E-state index is -1.02. The molecule has 3 N–H and O–H groups in total. The number of rotatable bonds is 6. The molecule has 2 amide bonds. The largest absolute Gasteiger partial charge is 0.480 e. The molecule has 1 rings (SSSR count). The Labute approximate surface area is 126 Å². The third-order valence-corrected chi connectivity index (χ3v) is 3.37. The number of halogens is 1. The SMILES string of the molecule is CCC[C@@H](NC(=O)Nc1ccc(Br)cc1CC)C(=O)O. The van der Waals surface area contributed by atoms with Crippen molar-refractivity contribution < 1.29 is 14.7 Å². The van der Waals surface area contributed by atoms with Gasteiger partial charge in [-0.1, -0.05) is 36.2 Å². The van der Waals surface area contributed by atoms with Crippen molar-refractivity contribution in [1.82, 2.24) is 5.32 Å². The number of benzene rings is 1. The summed E-state index contributed by atoms with van der Waals surface area (Å²) in [7, 11) is 0. The van der Waals surface area contributed by atoms with E-state index in [1.807, 2.05) is 26.0 Å². The number of carbonyl (C=O) groups excluding carboxylic acids is 1. The fourth-order valence-corrected chi connectivity index (χ4v) is 2.25. The second-order valence-corrected chi connectivity index (χ2v) is 5.35. The first-order valence-electron chi connectivity index (χ1n) is 6.56. The highest BCUT2D eigenvalue weighted by Crippen LogP contribution is 2.21. The van der Waals surface area contributed by atoms with Crippen LogP contribution in [0.5, 0.6) is 0 Å². The predicted octanol–water partition coefficient (Wildman–Crippen LogP) is 3.39. The second-order valence-electron chi connectivity index (χ2n) is 4.43. The van der Waals surface area contributed by atoms with Crippen LogP contribution in [0.3, 0.4) is 0 Å². The first-order valence-corrected chi connectivity index (χ1v) is 7.36. The number of amides is 2. The maximum atomic E-state index is 11.9. The molecule has 5 nitrogen and oxygen atoms in total. The van der Waals surface area contributed by atoms with Crippen LogP contribution in [0.2, 0.25) is 0 Å². The van der Waals surface area contributed by atoms with Crippen LogP contribution in [0.1, 0.15) is 32.3 Å². The Kier molecular flexibility index (Phi) is 6.51. The van der Waals surface area contributed by atoms with Gasteiger partial charge in [-0.05, 0) is 36.6 Å². The van der Waals surface area contributed by atoms with E-state index in [-0.39, 0.29) is 0 Å². The van der Waals surface area contributed by atoms with Crippen LogP contribution < -0.4 is 10.6 Å². The van der Waals surface area contributed by atoms with Gasteiger partial charge >= 0.3 is 12.0 Å². The molecule has 0 aliphatic heterocycles. The lowest BCUT2D eigenvalue weighted by atomic mass is 10.1. The molecule has 0 saturated carbocycles. The number of urea groups is 1. The topological polar surface area (TPSA) is 78.4 Å². The van der Waals surface area contributed by atoms with Gasteiger partial charge < -0.3 is 15.7 Å². The number of aliphatic carboxylic acids is 1. The molecule has 1 atom stereocenters. The van der Waals surface area contributed by atoms with Crippen LogP contribution in [-0.2, 0) is 11.2 Å². The van der Waals surface area contributed by atoms with Crippen molar-refractivity contribution in [3.05, 3.63) is 28.2 Å². The van der Waals surface area contributed by atoms with Gasteiger partial charge in [-0.15, -0.1) is 0 Å². The zero-order valence-corrected chi connectivity index (χ0v) is 13.2. The summed E-state index contributed by atoms with van der Waals surface area (Å²) in [5, 5.41) is 14.2. The first-order chi connectivity index (χ1) is 9.47. The van der Waals surface area contributed by atoms with E-state index in [2.05, 4.69) is 26.6 Å². The zero-order chi connectivity index (χ0) is 15.1. The van der Waals surface area contributed by atoms with Gasteiger partial charge in [0.05, 0.1) is 0 Å². The molecular formula is C14H19BrN2O3. The third-order valence-electron chi connectivity index (χ3n) is 2.88. The van der Waals surface area contributed by atoms with Crippen molar-refractivity contribution in [3.63, 3.8) is 0 Å². The Morgan fingerprint density at radius 1 is 1.35 bits per heavy atom. The Morgan fingerprint density at radius 2 is 2.05 bits per heavy atom. The maximum Gasteiger partial charge on any atom is 0.326 e. The summed E-state index contributed by atoms with van der Waals surface area (Å²) in [4.78, 5) is 22.9. The molecule has 0 aromatic heterocycles. The number of carbonyl (C=O) groups is 2. The van der Waals surface area contributed by atoms with Crippen molar-refractivity contribution in [1.29, 1.82) is 0 Å². The molecule has 0 aliphatic rings. The van der Waals surface area contributed by atoms with Crippen molar-refractivity contribution in [2.45, 2.75) is 39.2 Å². The Morgan fingerprint density at radius 3 is 2.60 bits per heavy atom. The molecule has 0 unspecified atom stereocenters. The Hall–Kier alpha value is -1.56. The lowest BCUT2D eigenvalue weighted by molar-refractivity contribution is -0.139. The van der Waals surface area contributed by atoms with E-state index in [0.29, 0.717) is 18.5 Å². The Bertz CT molecular complexity index is 491. The third kappa shape index (κ3) is 4.85. The quantitative estimate of drug-likeness (QED) is 0.741. The van der Waals surface area contributed by atoms with Gasteiger partial charge in [0.25, 0.3) is 0 Å². The Balaban J connectivity index is 2.73. The average molecular weight is 343 g/mol. The van der Waals surface area contributed by atoms with E-state index in [4.69, 9.17) is 5.11 Å². The molecule has 0 spiro atoms. The lowest BCUT2D eigenvalue weighted by Gasteiger charge is -2.15. The standard InChI is InChI=1S/C14H19BrN2O3/c1-3-5-12(13(18)19)17-14(20)16-11-7-6-10(15)8-9(11)4-2/h6-8,12H,3-5H2,1-2H3,(H,18,19)(H2,16,17,20)/t12-/m1/s1. The average Bonchev–Trinajstić information content (AvgIpc) is 2.40. The molecule has 1 aromatic carbocycles. The van der Waals surface area contributed by atoms with Gasteiger partial charge in [0.1, 0.15) is 6.04 Å². The molecule has 110 valence electrons. The fraction of sp³-hybridized carbons (Fsp3) is 0.429. The highest BCUT2D eigenvalue weighted by atomic mass is 79.9. The molecule has 0 radical (unpaired) electrons. The summed E-state index contributed by atoms with van der Waals surface area (Å²) in [5.74, 6) is -1.02. The molecule has 0 heterocycles.